The minimum Gasteiger partial charge on any atom is -0.488 e. The number of carbonyl (C=O) groups is 1. The van der Waals surface area contributed by atoms with Crippen LogP contribution in [0.4, 0.5) is 0 Å². The quantitative estimate of drug-likeness (QED) is 0.209. The molecule has 6 heteroatoms. The lowest BCUT2D eigenvalue weighted by molar-refractivity contribution is 0.0929. The van der Waals surface area contributed by atoms with Crippen molar-refractivity contribution in [1.82, 2.24) is 5.43 Å². The number of rotatable bonds is 6. The van der Waals surface area contributed by atoms with E-state index in [2.05, 4.69) is 50.7 Å². The topological polar surface area (TPSA) is 63.8 Å². The van der Waals surface area contributed by atoms with Crippen LogP contribution in [0.2, 0.25) is 0 Å². The molecule has 0 aliphatic carbocycles. The molecule has 1 N–H and O–H groups in total. The summed E-state index contributed by atoms with van der Waals surface area (Å²) in [4.78, 5) is 12.3. The molecule has 1 amide bonds. The van der Waals surface area contributed by atoms with Gasteiger partial charge in [0.25, 0.3) is 0 Å². The second-order valence-corrected chi connectivity index (χ2v) is 8.32. The number of nitrogens with one attached hydrogen (secondary N) is 1. The van der Waals surface area contributed by atoms with Gasteiger partial charge in [-0.15, -0.1) is 0 Å². The van der Waals surface area contributed by atoms with Crippen molar-refractivity contribution in [3.63, 3.8) is 0 Å². The number of benzene rings is 4. The van der Waals surface area contributed by atoms with Crippen LogP contribution in [0.3, 0.4) is 0 Å². The highest BCUT2D eigenvalue weighted by atomic mass is 79.9. The summed E-state index contributed by atoms with van der Waals surface area (Å²) in [7, 11) is 0. The highest BCUT2D eigenvalue weighted by molar-refractivity contribution is 9.10. The van der Waals surface area contributed by atoms with Gasteiger partial charge in [0.2, 0.25) is 0 Å². The van der Waals surface area contributed by atoms with Gasteiger partial charge in [0.1, 0.15) is 17.9 Å². The lowest BCUT2D eigenvalue weighted by Gasteiger charge is -2.11. The molecule has 162 valence electrons. The van der Waals surface area contributed by atoms with Gasteiger partial charge < -0.3 is 9.15 Å². The smallest absolute Gasteiger partial charge is 0.307 e. The van der Waals surface area contributed by atoms with Gasteiger partial charge in [0.15, 0.2) is 5.76 Å². The van der Waals surface area contributed by atoms with Crippen LogP contribution >= 0.6 is 15.9 Å². The van der Waals surface area contributed by atoms with Crippen molar-refractivity contribution >= 4 is 49.8 Å². The first-order valence-electron chi connectivity index (χ1n) is 10.4. The van der Waals surface area contributed by atoms with Crippen molar-refractivity contribution in [2.45, 2.75) is 6.61 Å². The molecule has 0 saturated heterocycles. The number of amides is 1. The Morgan fingerprint density at radius 1 is 0.939 bits per heavy atom. The second kappa shape index (κ2) is 9.30. The van der Waals surface area contributed by atoms with Crippen molar-refractivity contribution in [3.8, 4) is 5.75 Å². The fourth-order valence-corrected chi connectivity index (χ4v) is 4.11. The Bertz CT molecular complexity index is 1450. The maximum absolute atomic E-state index is 12.3. The van der Waals surface area contributed by atoms with Crippen molar-refractivity contribution < 1.29 is 13.9 Å². The van der Waals surface area contributed by atoms with E-state index in [1.54, 1.807) is 12.3 Å². The molecule has 5 aromatic rings. The highest BCUT2D eigenvalue weighted by Crippen LogP contribution is 2.27. The Balaban J connectivity index is 1.23. The molecular weight excluding hydrogens is 480 g/mol. The Hall–Kier alpha value is -3.90. The summed E-state index contributed by atoms with van der Waals surface area (Å²) in [6.07, 6.45) is 1.57. The summed E-state index contributed by atoms with van der Waals surface area (Å²) in [6.45, 7) is 0.459. The minimum absolute atomic E-state index is 0.215. The molecule has 1 heterocycles. The molecule has 0 fully saturated rings. The van der Waals surface area contributed by atoms with Crippen molar-refractivity contribution in [2.24, 2.45) is 5.10 Å². The Kier molecular flexibility index (Phi) is 5.91. The number of hydrogen-bond acceptors (Lipinski definition) is 4. The average molecular weight is 499 g/mol. The zero-order valence-electron chi connectivity index (χ0n) is 17.5. The summed E-state index contributed by atoms with van der Waals surface area (Å²) < 4.78 is 12.4. The van der Waals surface area contributed by atoms with E-state index in [1.807, 2.05) is 60.7 Å². The van der Waals surface area contributed by atoms with Crippen LogP contribution in [-0.4, -0.2) is 12.1 Å². The predicted octanol–water partition coefficient (Wildman–Crippen LogP) is 6.69. The van der Waals surface area contributed by atoms with E-state index < -0.39 is 5.91 Å². The number of fused-ring (bicyclic) bond motifs is 2. The normalized spacial score (nSPS) is 11.3. The maximum Gasteiger partial charge on any atom is 0.307 e. The summed E-state index contributed by atoms with van der Waals surface area (Å²) in [5.74, 6) is 0.537. The molecular formula is C27H19BrN2O3. The number of para-hydroxylation sites is 1. The first-order valence-corrected chi connectivity index (χ1v) is 11.2. The average Bonchev–Trinajstić information content (AvgIpc) is 3.28. The molecule has 0 radical (unpaired) electrons. The van der Waals surface area contributed by atoms with E-state index in [-0.39, 0.29) is 5.76 Å². The van der Waals surface area contributed by atoms with E-state index in [1.165, 1.54) is 10.8 Å². The molecule has 0 bridgehead atoms. The third-order valence-electron chi connectivity index (χ3n) is 5.25. The minimum atomic E-state index is -0.406. The Morgan fingerprint density at radius 2 is 1.73 bits per heavy atom. The van der Waals surface area contributed by atoms with Gasteiger partial charge in [-0.1, -0.05) is 60.7 Å². The first-order chi connectivity index (χ1) is 16.2. The van der Waals surface area contributed by atoms with Gasteiger partial charge >= 0.3 is 5.91 Å². The van der Waals surface area contributed by atoms with Gasteiger partial charge in [0, 0.05) is 5.39 Å². The van der Waals surface area contributed by atoms with Crippen LogP contribution in [-0.2, 0) is 6.61 Å². The van der Waals surface area contributed by atoms with Gasteiger partial charge in [-0.3, -0.25) is 4.79 Å². The predicted molar refractivity (Wildman–Crippen MR) is 134 cm³/mol. The highest BCUT2D eigenvalue weighted by Gasteiger charge is 2.11. The zero-order chi connectivity index (χ0) is 22.6. The van der Waals surface area contributed by atoms with Gasteiger partial charge in [0.05, 0.1) is 10.7 Å². The van der Waals surface area contributed by atoms with Gasteiger partial charge in [-0.05, 0) is 68.2 Å². The molecule has 4 aromatic carbocycles. The number of hydrogen-bond donors (Lipinski definition) is 1. The molecule has 5 rings (SSSR count). The Labute approximate surface area is 198 Å². The van der Waals surface area contributed by atoms with Crippen molar-refractivity contribution in [2.75, 3.05) is 0 Å². The lowest BCUT2D eigenvalue weighted by atomic mass is 10.1. The molecule has 0 aliphatic heterocycles. The molecule has 0 saturated carbocycles. The fraction of sp³-hybridized carbons (Fsp3) is 0.0370. The second-order valence-electron chi connectivity index (χ2n) is 7.46. The standard InChI is InChI=1S/C27H19BrN2O3/c28-23-14-18(16-29-30-27(31)26-15-20-7-2-4-11-24(20)33-26)12-13-25(23)32-17-21-9-5-8-19-6-1-3-10-22(19)21/h1-16H,17H2,(H,30,31)/b29-16+. The van der Waals surface area contributed by atoms with Gasteiger partial charge in [-0.25, -0.2) is 5.43 Å². The molecule has 0 aliphatic rings. The van der Waals surface area contributed by atoms with Crippen LogP contribution < -0.4 is 10.2 Å². The van der Waals surface area contributed by atoms with Crippen LogP contribution in [0.1, 0.15) is 21.7 Å². The van der Waals surface area contributed by atoms with E-state index in [9.17, 15) is 4.79 Å². The van der Waals surface area contributed by atoms with Crippen LogP contribution in [0.15, 0.2) is 105 Å². The number of carbonyl (C=O) groups excluding carboxylic acids is 1. The van der Waals surface area contributed by atoms with Crippen molar-refractivity contribution in [1.29, 1.82) is 0 Å². The molecule has 0 unspecified atom stereocenters. The number of hydrazone groups is 1. The third kappa shape index (κ3) is 4.66. The monoisotopic (exact) mass is 498 g/mol. The Morgan fingerprint density at radius 3 is 2.58 bits per heavy atom. The van der Waals surface area contributed by atoms with Crippen LogP contribution in [0.25, 0.3) is 21.7 Å². The fourth-order valence-electron chi connectivity index (χ4n) is 3.60. The number of halogens is 1. The molecule has 0 atom stereocenters. The zero-order valence-corrected chi connectivity index (χ0v) is 19.1. The summed E-state index contributed by atoms with van der Waals surface area (Å²) in [6, 6.07) is 29.2. The molecule has 5 nitrogen and oxygen atoms in total. The number of ether oxygens (including phenoxy) is 1. The first kappa shape index (κ1) is 21.0. The van der Waals surface area contributed by atoms with E-state index in [0.29, 0.717) is 12.2 Å². The third-order valence-corrected chi connectivity index (χ3v) is 5.87. The van der Waals surface area contributed by atoms with E-state index in [4.69, 9.17) is 9.15 Å². The van der Waals surface area contributed by atoms with Crippen molar-refractivity contribution in [3.05, 3.63) is 112 Å². The van der Waals surface area contributed by atoms with E-state index in [0.717, 1.165) is 26.7 Å². The van der Waals surface area contributed by atoms with Gasteiger partial charge in [-0.2, -0.15) is 5.10 Å². The number of nitrogens with zero attached hydrogens (tertiary/aromatic N) is 1. The van der Waals surface area contributed by atoms with Crippen LogP contribution in [0.5, 0.6) is 5.75 Å². The van der Waals surface area contributed by atoms with Crippen LogP contribution in [0, 0.1) is 0 Å². The maximum atomic E-state index is 12.3. The number of furan rings is 1. The van der Waals surface area contributed by atoms with E-state index >= 15 is 0 Å². The molecule has 1 aromatic heterocycles. The lowest BCUT2D eigenvalue weighted by Crippen LogP contribution is -2.16. The largest absolute Gasteiger partial charge is 0.488 e. The summed E-state index contributed by atoms with van der Waals surface area (Å²) in [5.41, 5.74) is 5.09. The SMILES string of the molecule is O=C(N/N=C/c1ccc(OCc2cccc3ccccc23)c(Br)c1)c1cc2ccccc2o1. The summed E-state index contributed by atoms with van der Waals surface area (Å²) >= 11 is 3.56. The summed E-state index contributed by atoms with van der Waals surface area (Å²) in [5, 5.41) is 7.28. The molecule has 33 heavy (non-hydrogen) atoms. The molecule has 0 spiro atoms.